The first-order chi connectivity index (χ1) is 11.8. The van der Waals surface area contributed by atoms with Gasteiger partial charge in [-0.1, -0.05) is 45.9 Å². The number of hydrogen-bond donors (Lipinski definition) is 1. The van der Waals surface area contributed by atoms with Gasteiger partial charge in [0.05, 0.1) is 11.5 Å². The second kappa shape index (κ2) is 10.5. The molecule has 140 valence electrons. The molecule has 0 aliphatic rings. The van der Waals surface area contributed by atoms with Crippen molar-refractivity contribution in [3.8, 4) is 0 Å². The smallest absolute Gasteiger partial charge is 0.234 e. The molecule has 0 aliphatic heterocycles. The molecule has 1 rings (SSSR count). The van der Waals surface area contributed by atoms with Crippen LogP contribution in [0.15, 0.2) is 18.2 Å². The van der Waals surface area contributed by atoms with Gasteiger partial charge < -0.3 is 10.2 Å². The molecule has 0 spiro atoms. The van der Waals surface area contributed by atoms with Gasteiger partial charge >= 0.3 is 0 Å². The van der Waals surface area contributed by atoms with Crippen LogP contribution in [0.5, 0.6) is 0 Å². The van der Waals surface area contributed by atoms with Crippen LogP contribution in [-0.4, -0.2) is 41.3 Å². The lowest BCUT2D eigenvalue weighted by atomic mass is 9.92. The number of rotatable bonds is 9. The SMILES string of the molecule is CCN(CC)C(=O)CSCC(=O)Nc1c(C(C)C)cccc1C(C)C. The number of carbonyl (C=O) groups excluding carboxylic acids is 2. The summed E-state index contributed by atoms with van der Waals surface area (Å²) in [5, 5.41) is 3.09. The van der Waals surface area contributed by atoms with Crippen molar-refractivity contribution < 1.29 is 9.59 Å². The minimum absolute atomic E-state index is 0.0488. The van der Waals surface area contributed by atoms with E-state index in [0.29, 0.717) is 30.7 Å². The zero-order chi connectivity index (χ0) is 19.0. The van der Waals surface area contributed by atoms with E-state index in [1.54, 1.807) is 4.90 Å². The van der Waals surface area contributed by atoms with E-state index in [1.165, 1.54) is 11.8 Å². The van der Waals surface area contributed by atoms with Crippen LogP contribution in [0.25, 0.3) is 0 Å². The number of benzene rings is 1. The van der Waals surface area contributed by atoms with Crippen LogP contribution >= 0.6 is 11.8 Å². The molecule has 1 aromatic rings. The van der Waals surface area contributed by atoms with Crippen molar-refractivity contribution in [1.82, 2.24) is 4.90 Å². The predicted octanol–water partition coefficient (Wildman–Crippen LogP) is 4.47. The summed E-state index contributed by atoms with van der Waals surface area (Å²) >= 11 is 1.37. The van der Waals surface area contributed by atoms with Crippen LogP contribution in [-0.2, 0) is 9.59 Å². The van der Waals surface area contributed by atoms with Gasteiger partial charge in [-0.25, -0.2) is 0 Å². The summed E-state index contributed by atoms with van der Waals surface area (Å²) in [4.78, 5) is 26.2. The molecule has 0 aliphatic carbocycles. The Morgan fingerprint density at radius 2 is 1.52 bits per heavy atom. The van der Waals surface area contributed by atoms with Gasteiger partial charge in [-0.05, 0) is 36.8 Å². The summed E-state index contributed by atoms with van der Waals surface area (Å²) in [7, 11) is 0. The average Bonchev–Trinajstić information content (AvgIpc) is 2.55. The standard InChI is InChI=1S/C20H32N2O2S/c1-7-22(8-2)19(24)13-25-12-18(23)21-20-16(14(3)4)10-9-11-17(20)15(5)6/h9-11,14-15H,7-8,12-13H2,1-6H3,(H,21,23). The third-order valence-electron chi connectivity index (χ3n) is 4.21. The van der Waals surface area contributed by atoms with Gasteiger partial charge in [-0.15, -0.1) is 11.8 Å². The van der Waals surface area contributed by atoms with Crippen molar-refractivity contribution in [2.24, 2.45) is 0 Å². The Morgan fingerprint density at radius 1 is 1.00 bits per heavy atom. The number of hydrogen-bond acceptors (Lipinski definition) is 3. The molecule has 1 aromatic carbocycles. The minimum atomic E-state index is -0.0488. The van der Waals surface area contributed by atoms with E-state index in [2.05, 4.69) is 51.2 Å². The summed E-state index contributed by atoms with van der Waals surface area (Å²) in [6.07, 6.45) is 0. The molecule has 0 aromatic heterocycles. The Balaban J connectivity index is 2.73. The molecular weight excluding hydrogens is 332 g/mol. The zero-order valence-electron chi connectivity index (χ0n) is 16.4. The molecule has 0 saturated heterocycles. The topological polar surface area (TPSA) is 49.4 Å². The Morgan fingerprint density at radius 3 is 1.96 bits per heavy atom. The molecule has 25 heavy (non-hydrogen) atoms. The van der Waals surface area contributed by atoms with Crippen LogP contribution in [0.1, 0.15) is 64.5 Å². The Kier molecular flexibility index (Phi) is 9.04. The number of amides is 2. The van der Waals surface area contributed by atoms with Crippen LogP contribution in [0.3, 0.4) is 0 Å². The molecule has 5 heteroatoms. The van der Waals surface area contributed by atoms with Gasteiger partial charge in [0.2, 0.25) is 11.8 Å². The Hall–Kier alpha value is -1.49. The first kappa shape index (κ1) is 21.6. The number of para-hydroxylation sites is 1. The lowest BCUT2D eigenvalue weighted by Crippen LogP contribution is -2.32. The fourth-order valence-corrected chi connectivity index (χ4v) is 3.49. The minimum Gasteiger partial charge on any atom is -0.343 e. The normalized spacial score (nSPS) is 11.0. The van der Waals surface area contributed by atoms with Gasteiger partial charge in [0.1, 0.15) is 0 Å². The first-order valence-corrected chi connectivity index (χ1v) is 10.2. The summed E-state index contributed by atoms with van der Waals surface area (Å²) < 4.78 is 0. The van der Waals surface area contributed by atoms with Crippen molar-refractivity contribution in [2.45, 2.75) is 53.4 Å². The van der Waals surface area contributed by atoms with Crippen LogP contribution in [0.2, 0.25) is 0 Å². The van der Waals surface area contributed by atoms with Crippen molar-refractivity contribution in [3.05, 3.63) is 29.3 Å². The molecule has 0 radical (unpaired) electrons. The third kappa shape index (κ3) is 6.38. The van der Waals surface area contributed by atoms with Crippen molar-refractivity contribution in [2.75, 3.05) is 29.9 Å². The van der Waals surface area contributed by atoms with Gasteiger partial charge in [-0.2, -0.15) is 0 Å². The third-order valence-corrected chi connectivity index (χ3v) is 5.13. The van der Waals surface area contributed by atoms with Crippen LogP contribution in [0.4, 0.5) is 5.69 Å². The quantitative estimate of drug-likeness (QED) is 0.703. The number of nitrogens with zero attached hydrogens (tertiary/aromatic N) is 1. The fraction of sp³-hybridized carbons (Fsp3) is 0.600. The van der Waals surface area contributed by atoms with Gasteiger partial charge in [0.25, 0.3) is 0 Å². The molecule has 4 nitrogen and oxygen atoms in total. The van der Waals surface area contributed by atoms with Gasteiger partial charge in [0.15, 0.2) is 0 Å². The summed E-state index contributed by atoms with van der Waals surface area (Å²) in [5.74, 6) is 1.35. The molecule has 0 unspecified atom stereocenters. The highest BCUT2D eigenvalue weighted by Gasteiger charge is 2.16. The van der Waals surface area contributed by atoms with E-state index in [1.807, 2.05) is 13.8 Å². The van der Waals surface area contributed by atoms with Crippen molar-refractivity contribution >= 4 is 29.3 Å². The highest BCUT2D eigenvalue weighted by Crippen LogP contribution is 2.32. The highest BCUT2D eigenvalue weighted by atomic mass is 32.2. The largest absolute Gasteiger partial charge is 0.343 e. The number of nitrogens with one attached hydrogen (secondary N) is 1. The second-order valence-electron chi connectivity index (χ2n) is 6.73. The van der Waals surface area contributed by atoms with Crippen LogP contribution < -0.4 is 5.32 Å². The number of carbonyl (C=O) groups is 2. The summed E-state index contributed by atoms with van der Waals surface area (Å²) in [6.45, 7) is 13.9. The monoisotopic (exact) mass is 364 g/mol. The summed E-state index contributed by atoms with van der Waals surface area (Å²) in [5.41, 5.74) is 3.25. The second-order valence-corrected chi connectivity index (χ2v) is 7.71. The molecule has 1 N–H and O–H groups in total. The molecule has 0 fully saturated rings. The number of thioether (sulfide) groups is 1. The number of anilines is 1. The maximum atomic E-state index is 12.4. The first-order valence-electron chi connectivity index (χ1n) is 9.09. The Labute approximate surface area is 156 Å². The molecule has 0 saturated carbocycles. The summed E-state index contributed by atoms with van der Waals surface area (Å²) in [6, 6.07) is 6.20. The highest BCUT2D eigenvalue weighted by molar-refractivity contribution is 8.00. The average molecular weight is 365 g/mol. The van der Waals surface area contributed by atoms with Crippen molar-refractivity contribution in [3.63, 3.8) is 0 Å². The van der Waals surface area contributed by atoms with Crippen LogP contribution in [0, 0.1) is 0 Å². The van der Waals surface area contributed by atoms with Gasteiger partial charge in [0, 0.05) is 18.8 Å². The van der Waals surface area contributed by atoms with E-state index in [4.69, 9.17) is 0 Å². The fourth-order valence-electron chi connectivity index (χ4n) is 2.77. The molecule has 0 heterocycles. The van der Waals surface area contributed by atoms with E-state index < -0.39 is 0 Å². The molecule has 2 amide bonds. The zero-order valence-corrected chi connectivity index (χ0v) is 17.2. The van der Waals surface area contributed by atoms with E-state index in [-0.39, 0.29) is 17.6 Å². The van der Waals surface area contributed by atoms with Gasteiger partial charge in [-0.3, -0.25) is 9.59 Å². The van der Waals surface area contributed by atoms with E-state index >= 15 is 0 Å². The lowest BCUT2D eigenvalue weighted by molar-refractivity contribution is -0.127. The molecular formula is C20H32N2O2S. The molecule has 0 atom stereocenters. The maximum absolute atomic E-state index is 12.4. The predicted molar refractivity (Wildman–Crippen MR) is 109 cm³/mol. The lowest BCUT2D eigenvalue weighted by Gasteiger charge is -2.20. The maximum Gasteiger partial charge on any atom is 0.234 e. The van der Waals surface area contributed by atoms with E-state index in [0.717, 1.165) is 16.8 Å². The Bertz CT molecular complexity index is 555. The van der Waals surface area contributed by atoms with E-state index in [9.17, 15) is 9.59 Å². The molecule has 0 bridgehead atoms. The van der Waals surface area contributed by atoms with Crippen molar-refractivity contribution in [1.29, 1.82) is 0 Å².